The number of benzene rings is 4. The second-order valence-electron chi connectivity index (χ2n) is 7.60. The Labute approximate surface area is 174 Å². The summed E-state index contributed by atoms with van der Waals surface area (Å²) in [6, 6.07) is 34.1. The number of para-hydroxylation sites is 2. The Morgan fingerprint density at radius 2 is 1.23 bits per heavy atom. The fourth-order valence-electron chi connectivity index (χ4n) is 4.42. The van der Waals surface area contributed by atoms with Crippen molar-refractivity contribution in [1.82, 2.24) is 14.8 Å². The van der Waals surface area contributed by atoms with E-state index >= 15 is 0 Å². The maximum absolute atomic E-state index is 4.58. The molecule has 0 radical (unpaired) electrons. The van der Waals surface area contributed by atoms with Crippen molar-refractivity contribution >= 4 is 32.6 Å². The fraction of sp³-hybridized carbons (Fsp3) is 0.0370. The second-order valence-corrected chi connectivity index (χ2v) is 7.60. The minimum absolute atomic E-state index is 0.919. The molecule has 0 unspecified atom stereocenters. The largest absolute Gasteiger partial charge is 0.309 e. The van der Waals surface area contributed by atoms with Crippen molar-refractivity contribution in [2.45, 2.75) is 6.92 Å². The van der Waals surface area contributed by atoms with Gasteiger partial charge in [0.1, 0.15) is 5.69 Å². The molecule has 0 fully saturated rings. The summed E-state index contributed by atoms with van der Waals surface area (Å²) in [7, 11) is 0. The van der Waals surface area contributed by atoms with Gasteiger partial charge in [0, 0.05) is 32.8 Å². The van der Waals surface area contributed by atoms with Gasteiger partial charge in [-0.2, -0.15) is 5.10 Å². The van der Waals surface area contributed by atoms with E-state index in [1.54, 1.807) is 0 Å². The van der Waals surface area contributed by atoms with Crippen LogP contribution in [0.5, 0.6) is 0 Å². The smallest absolute Gasteiger partial charge is 0.101 e. The summed E-state index contributed by atoms with van der Waals surface area (Å²) in [4.78, 5) is 0. The van der Waals surface area contributed by atoms with Crippen LogP contribution in [0.4, 0.5) is 0 Å². The molecule has 2 aromatic heterocycles. The molecule has 0 aliphatic heterocycles. The zero-order chi connectivity index (χ0) is 20.1. The van der Waals surface area contributed by atoms with Crippen molar-refractivity contribution < 1.29 is 0 Å². The molecule has 2 heterocycles. The predicted octanol–water partition coefficient (Wildman–Crippen LogP) is 6.70. The summed E-state index contributed by atoms with van der Waals surface area (Å²) in [5.41, 5.74) is 6.48. The van der Waals surface area contributed by atoms with Crippen LogP contribution in [0.25, 0.3) is 49.5 Å². The molecule has 0 atom stereocenters. The first-order valence-electron chi connectivity index (χ1n) is 10.1. The van der Waals surface area contributed by atoms with Crippen molar-refractivity contribution in [2.75, 3.05) is 0 Å². The number of hydrogen-bond acceptors (Lipinski definition) is 2. The lowest BCUT2D eigenvalue weighted by molar-refractivity contribution is 1.01. The number of aryl methyl sites for hydroxylation is 1. The summed E-state index contributed by atoms with van der Waals surface area (Å²) in [6.07, 6.45) is 0. The first-order chi connectivity index (χ1) is 14.8. The molecule has 0 N–H and O–H groups in total. The van der Waals surface area contributed by atoms with Gasteiger partial charge in [0.2, 0.25) is 0 Å². The quantitative estimate of drug-likeness (QED) is 0.332. The monoisotopic (exact) mass is 385 g/mol. The van der Waals surface area contributed by atoms with E-state index in [9.17, 15) is 0 Å². The molecule has 6 aromatic rings. The average Bonchev–Trinajstić information content (AvgIpc) is 3.14. The van der Waals surface area contributed by atoms with Crippen LogP contribution in [-0.2, 0) is 0 Å². The van der Waals surface area contributed by atoms with E-state index in [2.05, 4.69) is 112 Å². The molecule has 0 bridgehead atoms. The first-order valence-corrected chi connectivity index (χ1v) is 10.1. The van der Waals surface area contributed by atoms with E-state index in [0.29, 0.717) is 0 Å². The van der Waals surface area contributed by atoms with Crippen LogP contribution >= 0.6 is 0 Å². The van der Waals surface area contributed by atoms with Crippen LogP contribution in [0.2, 0.25) is 0 Å². The van der Waals surface area contributed by atoms with E-state index in [-0.39, 0.29) is 0 Å². The van der Waals surface area contributed by atoms with Crippen LogP contribution in [0.15, 0.2) is 97.1 Å². The lowest BCUT2D eigenvalue weighted by atomic mass is 10.0. The topological polar surface area (TPSA) is 30.7 Å². The third-order valence-corrected chi connectivity index (χ3v) is 5.83. The van der Waals surface area contributed by atoms with Crippen LogP contribution in [-0.4, -0.2) is 14.8 Å². The minimum atomic E-state index is 0.919. The van der Waals surface area contributed by atoms with E-state index in [1.165, 1.54) is 21.8 Å². The van der Waals surface area contributed by atoms with Gasteiger partial charge in [-0.05, 0) is 31.2 Å². The molecule has 3 nitrogen and oxygen atoms in total. The number of fused-ring (bicyclic) bond motifs is 4. The summed E-state index contributed by atoms with van der Waals surface area (Å²) in [6.45, 7) is 2.01. The highest BCUT2D eigenvalue weighted by atomic mass is 15.1. The first kappa shape index (κ1) is 16.9. The maximum Gasteiger partial charge on any atom is 0.101 e. The van der Waals surface area contributed by atoms with Crippen molar-refractivity contribution in [1.29, 1.82) is 0 Å². The van der Waals surface area contributed by atoms with E-state index in [0.717, 1.165) is 33.4 Å². The van der Waals surface area contributed by atoms with Crippen molar-refractivity contribution in [3.8, 4) is 16.9 Å². The Kier molecular flexibility index (Phi) is 3.68. The highest BCUT2D eigenvalue weighted by Crippen LogP contribution is 2.35. The zero-order valence-electron chi connectivity index (χ0n) is 16.6. The highest BCUT2D eigenvalue weighted by Gasteiger charge is 2.15. The van der Waals surface area contributed by atoms with Crippen molar-refractivity contribution in [3.05, 3.63) is 103 Å². The van der Waals surface area contributed by atoms with Crippen molar-refractivity contribution in [3.63, 3.8) is 0 Å². The summed E-state index contributed by atoms with van der Waals surface area (Å²) < 4.78 is 2.33. The summed E-state index contributed by atoms with van der Waals surface area (Å²) in [5.74, 6) is 0. The van der Waals surface area contributed by atoms with Crippen LogP contribution in [0.3, 0.4) is 0 Å². The lowest BCUT2D eigenvalue weighted by Crippen LogP contribution is -1.95. The third-order valence-electron chi connectivity index (χ3n) is 5.83. The number of rotatable bonds is 2. The Morgan fingerprint density at radius 3 is 2.07 bits per heavy atom. The average molecular weight is 385 g/mol. The molecule has 0 amide bonds. The Bertz CT molecular complexity index is 1550. The number of aromatic nitrogens is 3. The van der Waals surface area contributed by atoms with E-state index in [4.69, 9.17) is 0 Å². The van der Waals surface area contributed by atoms with Crippen LogP contribution < -0.4 is 0 Å². The fourth-order valence-corrected chi connectivity index (χ4v) is 4.42. The van der Waals surface area contributed by atoms with Crippen molar-refractivity contribution in [2.24, 2.45) is 0 Å². The third kappa shape index (κ3) is 2.45. The zero-order valence-corrected chi connectivity index (χ0v) is 16.6. The SMILES string of the molecule is Cc1nnc(-c2ccc3c4ccccc4n(-c4ccccc4)c3c2)c2ccccc12. The summed E-state index contributed by atoms with van der Waals surface area (Å²) >= 11 is 0. The van der Waals surface area contributed by atoms with Gasteiger partial charge in [-0.1, -0.05) is 72.8 Å². The molecular formula is C27H19N3. The molecule has 0 aliphatic rings. The van der Waals surface area contributed by atoms with Gasteiger partial charge in [-0.25, -0.2) is 0 Å². The van der Waals surface area contributed by atoms with Gasteiger partial charge >= 0.3 is 0 Å². The molecule has 30 heavy (non-hydrogen) atoms. The standard InChI is InChI=1S/C27H19N3/c1-18-21-11-5-6-13-24(21)27(29-28-18)19-15-16-23-22-12-7-8-14-25(22)30(26(23)17-19)20-9-3-2-4-10-20/h2-17H,1H3. The second kappa shape index (κ2) is 6.53. The van der Waals surface area contributed by atoms with Gasteiger partial charge in [-0.3, -0.25) is 0 Å². The highest BCUT2D eigenvalue weighted by molar-refractivity contribution is 6.10. The maximum atomic E-state index is 4.58. The molecule has 6 rings (SSSR count). The molecule has 0 saturated carbocycles. The minimum Gasteiger partial charge on any atom is -0.309 e. The van der Waals surface area contributed by atoms with E-state index < -0.39 is 0 Å². The van der Waals surface area contributed by atoms with Gasteiger partial charge in [-0.15, -0.1) is 5.10 Å². The normalized spacial score (nSPS) is 11.5. The van der Waals surface area contributed by atoms with Gasteiger partial charge < -0.3 is 4.57 Å². The summed E-state index contributed by atoms with van der Waals surface area (Å²) in [5, 5.41) is 13.8. The number of hydrogen-bond donors (Lipinski definition) is 0. The molecule has 0 aliphatic carbocycles. The molecule has 4 aromatic carbocycles. The Morgan fingerprint density at radius 1 is 0.567 bits per heavy atom. The predicted molar refractivity (Wildman–Crippen MR) is 124 cm³/mol. The van der Waals surface area contributed by atoms with Gasteiger partial charge in [0.05, 0.1) is 16.7 Å². The Balaban J connectivity index is 1.70. The van der Waals surface area contributed by atoms with Gasteiger partial charge in [0.25, 0.3) is 0 Å². The number of nitrogens with zero attached hydrogens (tertiary/aromatic N) is 3. The van der Waals surface area contributed by atoms with Crippen LogP contribution in [0, 0.1) is 6.92 Å². The lowest BCUT2D eigenvalue weighted by Gasteiger charge is -2.10. The molecule has 3 heteroatoms. The van der Waals surface area contributed by atoms with Gasteiger partial charge in [0.15, 0.2) is 0 Å². The molecule has 142 valence electrons. The molecule has 0 saturated heterocycles. The molecule has 0 spiro atoms. The Hall–Kier alpha value is -3.98. The molecular weight excluding hydrogens is 366 g/mol. The van der Waals surface area contributed by atoms with Crippen LogP contribution in [0.1, 0.15) is 5.69 Å². The van der Waals surface area contributed by atoms with E-state index in [1.807, 2.05) is 6.92 Å².